The van der Waals surface area contributed by atoms with E-state index in [9.17, 15) is 14.4 Å². The Labute approximate surface area is 217 Å². The highest BCUT2D eigenvalue weighted by atomic mass is 32.2. The molecular formula is C26H21N3O5S2. The number of rotatable bonds is 8. The van der Waals surface area contributed by atoms with Crippen molar-refractivity contribution in [1.82, 2.24) is 10.4 Å². The molecule has 36 heavy (non-hydrogen) atoms. The predicted octanol–water partition coefficient (Wildman–Crippen LogP) is 4.26. The lowest BCUT2D eigenvalue weighted by Gasteiger charge is -2.15. The molecule has 1 fully saturated rings. The van der Waals surface area contributed by atoms with Crippen molar-refractivity contribution >= 4 is 57.8 Å². The SMILES string of the molecule is COc1ccccc1NC(=O)COc1ccc(C=C2SC(=S)N(NC(=O)c3ccccc3)C2=O)cc1. The van der Waals surface area contributed by atoms with E-state index in [2.05, 4.69) is 10.7 Å². The van der Waals surface area contributed by atoms with Crippen LogP contribution in [0, 0.1) is 0 Å². The Bertz CT molecular complexity index is 1330. The lowest BCUT2D eigenvalue weighted by Crippen LogP contribution is -2.44. The summed E-state index contributed by atoms with van der Waals surface area (Å²) in [6, 6.07) is 22.6. The Kier molecular flexibility index (Phi) is 7.99. The van der Waals surface area contributed by atoms with Gasteiger partial charge in [0.1, 0.15) is 11.5 Å². The Morgan fingerprint density at radius 1 is 1.00 bits per heavy atom. The zero-order valence-electron chi connectivity index (χ0n) is 19.1. The van der Waals surface area contributed by atoms with Crippen LogP contribution in [0.3, 0.4) is 0 Å². The maximum Gasteiger partial charge on any atom is 0.285 e. The van der Waals surface area contributed by atoms with Gasteiger partial charge in [0.25, 0.3) is 17.7 Å². The van der Waals surface area contributed by atoms with Gasteiger partial charge in [0, 0.05) is 5.56 Å². The van der Waals surface area contributed by atoms with Crippen LogP contribution < -0.4 is 20.2 Å². The van der Waals surface area contributed by atoms with Crippen LogP contribution in [0.15, 0.2) is 83.8 Å². The molecule has 0 aliphatic carbocycles. The molecule has 0 atom stereocenters. The van der Waals surface area contributed by atoms with Crippen LogP contribution in [0.25, 0.3) is 6.08 Å². The molecule has 1 aliphatic heterocycles. The number of hydrogen-bond acceptors (Lipinski definition) is 7. The summed E-state index contributed by atoms with van der Waals surface area (Å²) in [5.41, 5.74) is 4.26. The maximum atomic E-state index is 12.8. The Morgan fingerprint density at radius 2 is 1.69 bits per heavy atom. The highest BCUT2D eigenvalue weighted by molar-refractivity contribution is 8.26. The van der Waals surface area contributed by atoms with Crippen LogP contribution >= 0.6 is 24.0 Å². The van der Waals surface area contributed by atoms with E-state index in [-0.39, 0.29) is 16.8 Å². The number of para-hydroxylation sites is 2. The number of benzene rings is 3. The number of hydrazine groups is 1. The van der Waals surface area contributed by atoms with Crippen LogP contribution in [0.2, 0.25) is 0 Å². The fourth-order valence-corrected chi connectivity index (χ4v) is 4.39. The summed E-state index contributed by atoms with van der Waals surface area (Å²) < 4.78 is 11.0. The number of nitrogens with one attached hydrogen (secondary N) is 2. The minimum Gasteiger partial charge on any atom is -0.495 e. The van der Waals surface area contributed by atoms with Gasteiger partial charge in [-0.05, 0) is 60.3 Å². The fourth-order valence-electron chi connectivity index (χ4n) is 3.21. The monoisotopic (exact) mass is 519 g/mol. The van der Waals surface area contributed by atoms with Gasteiger partial charge in [-0.3, -0.25) is 19.8 Å². The van der Waals surface area contributed by atoms with E-state index < -0.39 is 11.8 Å². The van der Waals surface area contributed by atoms with Gasteiger partial charge in [0.15, 0.2) is 10.9 Å². The van der Waals surface area contributed by atoms with Crippen molar-refractivity contribution in [3.8, 4) is 11.5 Å². The summed E-state index contributed by atoms with van der Waals surface area (Å²) in [7, 11) is 1.53. The fraction of sp³-hybridized carbons (Fsp3) is 0.0769. The zero-order chi connectivity index (χ0) is 25.5. The number of ether oxygens (including phenoxy) is 2. The molecule has 1 aliphatic rings. The Hall–Kier alpha value is -4.15. The minimum absolute atomic E-state index is 0.183. The van der Waals surface area contributed by atoms with E-state index in [1.54, 1.807) is 78.9 Å². The van der Waals surface area contributed by atoms with E-state index in [1.807, 2.05) is 6.07 Å². The standard InChI is InChI=1S/C26H21N3O5S2/c1-33-21-10-6-5-9-20(21)27-23(30)16-34-19-13-11-17(12-14-19)15-22-25(32)29(26(35)36-22)28-24(31)18-7-3-2-4-8-18/h2-15H,16H2,1H3,(H,27,30)(H,28,31). The van der Waals surface area contributed by atoms with E-state index in [4.69, 9.17) is 21.7 Å². The number of thioether (sulfide) groups is 1. The molecular weight excluding hydrogens is 498 g/mol. The second-order valence-corrected chi connectivity index (χ2v) is 9.11. The number of thiocarbonyl (C=S) groups is 1. The number of hydrogen-bond donors (Lipinski definition) is 2. The minimum atomic E-state index is -0.426. The van der Waals surface area contributed by atoms with E-state index >= 15 is 0 Å². The van der Waals surface area contributed by atoms with Gasteiger partial charge in [-0.25, -0.2) is 0 Å². The van der Waals surface area contributed by atoms with Crippen molar-refractivity contribution in [1.29, 1.82) is 0 Å². The van der Waals surface area contributed by atoms with Crippen LogP contribution in [0.1, 0.15) is 15.9 Å². The molecule has 0 radical (unpaired) electrons. The predicted molar refractivity (Wildman–Crippen MR) is 142 cm³/mol. The molecule has 2 N–H and O–H groups in total. The third-order valence-electron chi connectivity index (χ3n) is 4.97. The molecule has 0 unspecified atom stereocenters. The van der Waals surface area contributed by atoms with Crippen molar-refractivity contribution in [2.75, 3.05) is 19.0 Å². The summed E-state index contributed by atoms with van der Waals surface area (Å²) >= 11 is 6.36. The lowest BCUT2D eigenvalue weighted by molar-refractivity contribution is -0.123. The van der Waals surface area contributed by atoms with Gasteiger partial charge in [-0.15, -0.1) is 0 Å². The molecule has 0 bridgehead atoms. The van der Waals surface area contributed by atoms with Gasteiger partial charge in [-0.1, -0.05) is 54.2 Å². The Morgan fingerprint density at radius 3 is 2.42 bits per heavy atom. The van der Waals surface area contributed by atoms with Gasteiger partial charge >= 0.3 is 0 Å². The molecule has 3 aromatic rings. The molecule has 3 amide bonds. The molecule has 10 heteroatoms. The molecule has 1 saturated heterocycles. The van der Waals surface area contributed by atoms with Crippen molar-refractivity contribution in [3.63, 3.8) is 0 Å². The average Bonchev–Trinajstić information content (AvgIpc) is 3.16. The van der Waals surface area contributed by atoms with Crippen LogP contribution in [-0.4, -0.2) is 40.8 Å². The van der Waals surface area contributed by atoms with Gasteiger partial charge in [-0.2, -0.15) is 5.01 Å². The van der Waals surface area contributed by atoms with Gasteiger partial charge in [0.05, 0.1) is 17.7 Å². The molecule has 182 valence electrons. The summed E-state index contributed by atoms with van der Waals surface area (Å²) in [5.74, 6) is -0.123. The van der Waals surface area contributed by atoms with Crippen LogP contribution in [0.5, 0.6) is 11.5 Å². The van der Waals surface area contributed by atoms with Crippen molar-refractivity contribution in [2.24, 2.45) is 0 Å². The zero-order valence-corrected chi connectivity index (χ0v) is 20.7. The highest BCUT2D eigenvalue weighted by Crippen LogP contribution is 2.31. The molecule has 0 spiro atoms. The second kappa shape index (κ2) is 11.5. The average molecular weight is 520 g/mol. The first-order chi connectivity index (χ1) is 17.4. The second-order valence-electron chi connectivity index (χ2n) is 7.43. The third kappa shape index (κ3) is 6.09. The van der Waals surface area contributed by atoms with E-state index in [0.717, 1.165) is 22.3 Å². The summed E-state index contributed by atoms with van der Waals surface area (Å²) in [5, 5.41) is 3.81. The summed E-state index contributed by atoms with van der Waals surface area (Å²) in [4.78, 5) is 37.8. The molecule has 8 nitrogen and oxygen atoms in total. The van der Waals surface area contributed by atoms with Crippen LogP contribution in [0.4, 0.5) is 5.69 Å². The van der Waals surface area contributed by atoms with Crippen molar-refractivity contribution < 1.29 is 23.9 Å². The third-order valence-corrected chi connectivity index (χ3v) is 6.27. The number of anilines is 1. The van der Waals surface area contributed by atoms with Gasteiger partial charge in [0.2, 0.25) is 0 Å². The lowest BCUT2D eigenvalue weighted by atomic mass is 10.2. The van der Waals surface area contributed by atoms with Crippen molar-refractivity contribution in [2.45, 2.75) is 0 Å². The first-order valence-corrected chi connectivity index (χ1v) is 12.0. The van der Waals surface area contributed by atoms with Crippen LogP contribution in [-0.2, 0) is 9.59 Å². The molecule has 0 saturated carbocycles. The molecule has 1 heterocycles. The topological polar surface area (TPSA) is 97.0 Å². The van der Waals surface area contributed by atoms with Crippen molar-refractivity contribution in [3.05, 3.63) is 94.9 Å². The number of nitrogens with zero attached hydrogens (tertiary/aromatic N) is 1. The normalized spacial score (nSPS) is 14.0. The first-order valence-electron chi connectivity index (χ1n) is 10.7. The smallest absolute Gasteiger partial charge is 0.285 e. The van der Waals surface area contributed by atoms with E-state index in [1.165, 1.54) is 7.11 Å². The number of carbonyl (C=O) groups is 3. The molecule has 4 rings (SSSR count). The number of methoxy groups -OCH3 is 1. The summed E-state index contributed by atoms with van der Waals surface area (Å²) in [6.07, 6.45) is 1.67. The quantitative estimate of drug-likeness (QED) is 0.339. The number of carbonyl (C=O) groups excluding carboxylic acids is 3. The van der Waals surface area contributed by atoms with E-state index in [0.29, 0.717) is 27.7 Å². The molecule has 3 aromatic carbocycles. The highest BCUT2D eigenvalue weighted by Gasteiger charge is 2.33. The Balaban J connectivity index is 1.33. The van der Waals surface area contributed by atoms with Gasteiger partial charge < -0.3 is 14.8 Å². The first kappa shape index (κ1) is 25.0. The largest absolute Gasteiger partial charge is 0.495 e. The molecule has 0 aromatic heterocycles. The number of amides is 3. The maximum absolute atomic E-state index is 12.8. The summed E-state index contributed by atoms with van der Waals surface area (Å²) in [6.45, 7) is -0.183.